The molecule has 47 heavy (non-hydrogen) atoms. The number of phenolic OH excluding ortho intramolecular Hbond substituents is 2. The van der Waals surface area contributed by atoms with Crippen molar-refractivity contribution in [2.24, 2.45) is 0 Å². The second kappa shape index (κ2) is 12.8. The van der Waals surface area contributed by atoms with Gasteiger partial charge in [-0.3, -0.25) is 19.8 Å². The number of rotatable bonds is 7. The van der Waals surface area contributed by atoms with Crippen LogP contribution in [0.3, 0.4) is 0 Å². The first-order chi connectivity index (χ1) is 22.2. The summed E-state index contributed by atoms with van der Waals surface area (Å²) in [5, 5.41) is 31.4. The van der Waals surface area contributed by atoms with Gasteiger partial charge in [-0.25, -0.2) is 9.97 Å². The van der Waals surface area contributed by atoms with Crippen molar-refractivity contribution in [1.82, 2.24) is 29.5 Å². The maximum Gasteiger partial charge on any atom is 0.277 e. The Morgan fingerprint density at radius 2 is 1.13 bits per heavy atom. The highest BCUT2D eigenvalue weighted by Crippen LogP contribution is 2.35. The highest BCUT2D eigenvalue weighted by atomic mass is 79.9. The van der Waals surface area contributed by atoms with Crippen LogP contribution in [0.25, 0.3) is 32.8 Å². The predicted molar refractivity (Wildman–Crippen MR) is 190 cm³/mol. The van der Waals surface area contributed by atoms with E-state index in [-0.39, 0.29) is 35.0 Å². The lowest BCUT2D eigenvalue weighted by molar-refractivity contribution is 0.476. The first-order valence-electron chi connectivity index (χ1n) is 14.1. The van der Waals surface area contributed by atoms with E-state index in [1.807, 2.05) is 36.4 Å². The van der Waals surface area contributed by atoms with Crippen LogP contribution in [0.2, 0.25) is 0 Å². The molecule has 4 heterocycles. The van der Waals surface area contributed by atoms with Gasteiger partial charge in [0.05, 0.1) is 22.5 Å². The summed E-state index contributed by atoms with van der Waals surface area (Å²) in [5.41, 5.74) is 4.25. The first kappa shape index (κ1) is 32.3. The van der Waals surface area contributed by atoms with Gasteiger partial charge < -0.3 is 10.2 Å². The number of para-hydroxylation sites is 2. The van der Waals surface area contributed by atoms with Crippen molar-refractivity contribution in [3.8, 4) is 44.3 Å². The maximum absolute atomic E-state index is 14.2. The third-order valence-corrected chi connectivity index (χ3v) is 9.92. The molecule has 0 saturated carbocycles. The molecule has 7 aromatic rings. The number of benzene rings is 3. The SMILES string of the molecule is Cc1[nH]n(-c2nc(-c3ccccc3O)cs2)c(=O)c1C(c1ccc(Br)cc1)c1c(C)[nH]n(-c2nc(-c3ccccc3O)cs2)c1=O.Cl. The predicted octanol–water partition coefficient (Wildman–Crippen LogP) is 7.28. The summed E-state index contributed by atoms with van der Waals surface area (Å²) in [5.74, 6) is -0.534. The fourth-order valence-corrected chi connectivity index (χ4v) is 7.39. The van der Waals surface area contributed by atoms with Crippen LogP contribution in [-0.2, 0) is 0 Å². The lowest BCUT2D eigenvalue weighted by Gasteiger charge is -2.16. The van der Waals surface area contributed by atoms with E-state index in [1.165, 1.54) is 32.0 Å². The molecular formula is C33H26BrClN6O4S2. The molecule has 238 valence electrons. The number of H-pyrrole nitrogens is 2. The minimum absolute atomic E-state index is 0. The van der Waals surface area contributed by atoms with Crippen LogP contribution in [0.1, 0.15) is 34.0 Å². The summed E-state index contributed by atoms with van der Waals surface area (Å²) in [6, 6.07) is 21.3. The number of aromatic amines is 2. The lowest BCUT2D eigenvalue weighted by atomic mass is 9.85. The second-order valence-electron chi connectivity index (χ2n) is 10.6. The van der Waals surface area contributed by atoms with Crippen LogP contribution in [0.5, 0.6) is 11.5 Å². The molecule has 0 atom stereocenters. The number of nitrogens with zero attached hydrogens (tertiary/aromatic N) is 4. The number of halogens is 2. The molecule has 4 aromatic heterocycles. The molecule has 3 aromatic carbocycles. The Hall–Kier alpha value is -4.69. The van der Waals surface area contributed by atoms with E-state index in [4.69, 9.17) is 0 Å². The van der Waals surface area contributed by atoms with Crippen molar-refractivity contribution >= 4 is 51.0 Å². The van der Waals surface area contributed by atoms with Crippen molar-refractivity contribution in [2.45, 2.75) is 19.8 Å². The molecule has 0 aliphatic rings. The van der Waals surface area contributed by atoms with Crippen LogP contribution in [0, 0.1) is 13.8 Å². The minimum atomic E-state index is -0.724. The summed E-state index contributed by atoms with van der Waals surface area (Å²) < 4.78 is 3.62. The summed E-state index contributed by atoms with van der Waals surface area (Å²) in [7, 11) is 0. The Morgan fingerprint density at radius 1 is 0.702 bits per heavy atom. The van der Waals surface area contributed by atoms with Gasteiger partial charge in [0, 0.05) is 43.7 Å². The summed E-state index contributed by atoms with van der Waals surface area (Å²) in [6.45, 7) is 3.60. The van der Waals surface area contributed by atoms with Crippen molar-refractivity contribution < 1.29 is 10.2 Å². The summed E-state index contributed by atoms with van der Waals surface area (Å²) >= 11 is 6.02. The molecular weight excluding hydrogens is 724 g/mol. The van der Waals surface area contributed by atoms with E-state index in [0.29, 0.717) is 55.3 Å². The molecule has 14 heteroatoms. The normalized spacial score (nSPS) is 11.2. The largest absolute Gasteiger partial charge is 0.507 e. The summed E-state index contributed by atoms with van der Waals surface area (Å²) in [4.78, 5) is 37.8. The van der Waals surface area contributed by atoms with E-state index < -0.39 is 5.92 Å². The van der Waals surface area contributed by atoms with Crippen LogP contribution in [0.4, 0.5) is 0 Å². The van der Waals surface area contributed by atoms with Gasteiger partial charge in [0.1, 0.15) is 11.5 Å². The third-order valence-electron chi connectivity index (χ3n) is 7.74. The molecule has 0 fully saturated rings. The average Bonchev–Trinajstić information content (AvgIpc) is 3.83. The zero-order chi connectivity index (χ0) is 32.1. The van der Waals surface area contributed by atoms with Gasteiger partial charge in [0.25, 0.3) is 11.1 Å². The van der Waals surface area contributed by atoms with Gasteiger partial charge in [-0.05, 0) is 55.8 Å². The molecule has 7 rings (SSSR count). The topological polar surface area (TPSA) is 142 Å². The monoisotopic (exact) mass is 748 g/mol. The van der Waals surface area contributed by atoms with Crippen molar-refractivity contribution in [3.63, 3.8) is 0 Å². The van der Waals surface area contributed by atoms with Gasteiger partial charge in [-0.1, -0.05) is 52.3 Å². The summed E-state index contributed by atoms with van der Waals surface area (Å²) in [6.07, 6.45) is 0. The Morgan fingerprint density at radius 3 is 1.55 bits per heavy atom. The number of phenols is 2. The third kappa shape index (κ3) is 5.76. The zero-order valence-corrected chi connectivity index (χ0v) is 28.8. The molecule has 0 aliphatic carbocycles. The number of hydrogen-bond acceptors (Lipinski definition) is 8. The molecule has 0 saturated heterocycles. The Labute approximate surface area is 290 Å². The van der Waals surface area contributed by atoms with E-state index in [0.717, 1.165) is 10.0 Å². The lowest BCUT2D eigenvalue weighted by Crippen LogP contribution is -2.25. The van der Waals surface area contributed by atoms with Crippen LogP contribution in [0.15, 0.2) is 97.6 Å². The van der Waals surface area contributed by atoms with E-state index in [9.17, 15) is 19.8 Å². The van der Waals surface area contributed by atoms with Crippen LogP contribution >= 0.6 is 51.0 Å². The number of nitrogens with one attached hydrogen (secondary N) is 2. The minimum Gasteiger partial charge on any atom is -0.507 e. The van der Waals surface area contributed by atoms with E-state index in [2.05, 4.69) is 36.1 Å². The molecule has 0 bridgehead atoms. The molecule has 4 N–H and O–H groups in total. The number of aromatic nitrogens is 6. The fourth-order valence-electron chi connectivity index (χ4n) is 5.56. The fraction of sp³-hybridized carbons (Fsp3) is 0.0909. The maximum atomic E-state index is 14.2. The highest BCUT2D eigenvalue weighted by Gasteiger charge is 2.31. The number of hydrogen-bond donors (Lipinski definition) is 4. The first-order valence-corrected chi connectivity index (χ1v) is 16.6. The van der Waals surface area contributed by atoms with Crippen LogP contribution in [-0.4, -0.2) is 39.7 Å². The van der Waals surface area contributed by atoms with Gasteiger partial charge in [0.15, 0.2) is 0 Å². The second-order valence-corrected chi connectivity index (χ2v) is 13.2. The Balaban J connectivity index is 0.00000386. The number of thiazole rings is 2. The van der Waals surface area contributed by atoms with Crippen molar-refractivity contribution in [2.75, 3.05) is 0 Å². The van der Waals surface area contributed by atoms with E-state index >= 15 is 0 Å². The standard InChI is InChI=1S/C33H25BrN6O4S2.ClH/c1-17-27(30(43)39(37-17)32-35-23(15-45-32)21-7-3-5-9-25(21)41)29(19-11-13-20(34)14-12-19)28-18(2)38-40(31(28)44)33-36-24(16-46-33)22-8-4-6-10-26(22)42;/h3-16,29,37-38,41-42H,1-2H3;1H. The van der Waals surface area contributed by atoms with Gasteiger partial charge in [-0.2, -0.15) is 9.36 Å². The Kier molecular flexibility index (Phi) is 8.81. The Bertz CT molecular complexity index is 2210. The number of aromatic hydroxyl groups is 2. The molecule has 0 amide bonds. The van der Waals surface area contributed by atoms with Gasteiger partial charge in [0.2, 0.25) is 10.3 Å². The molecule has 0 spiro atoms. The smallest absolute Gasteiger partial charge is 0.277 e. The highest BCUT2D eigenvalue weighted by molar-refractivity contribution is 9.10. The average molecular weight is 750 g/mol. The molecule has 10 nitrogen and oxygen atoms in total. The van der Waals surface area contributed by atoms with Crippen molar-refractivity contribution in [1.29, 1.82) is 0 Å². The van der Waals surface area contributed by atoms with E-state index in [1.54, 1.807) is 61.0 Å². The quantitative estimate of drug-likeness (QED) is 0.135. The molecule has 0 aliphatic heterocycles. The zero-order valence-electron chi connectivity index (χ0n) is 24.8. The van der Waals surface area contributed by atoms with Gasteiger partial charge in [-0.15, -0.1) is 35.1 Å². The van der Waals surface area contributed by atoms with Gasteiger partial charge >= 0.3 is 0 Å². The van der Waals surface area contributed by atoms with Crippen LogP contribution < -0.4 is 11.1 Å². The number of aryl methyl sites for hydroxylation is 2. The van der Waals surface area contributed by atoms with Crippen molar-refractivity contribution in [3.05, 3.63) is 137 Å². The molecule has 0 unspecified atom stereocenters. The molecule has 0 radical (unpaired) electrons.